The molecule has 1 aliphatic carbocycles. The Kier molecular flexibility index (Phi) is 3.34. The minimum absolute atomic E-state index is 0.122. The van der Waals surface area contributed by atoms with Gasteiger partial charge in [-0.15, -0.1) is 0 Å². The molecule has 0 spiro atoms. The maximum Gasteiger partial charge on any atom is 0.142 e. The fourth-order valence-electron chi connectivity index (χ4n) is 3.31. The first-order valence-corrected chi connectivity index (χ1v) is 6.79. The van der Waals surface area contributed by atoms with Crippen molar-refractivity contribution >= 4 is 5.78 Å². The summed E-state index contributed by atoms with van der Waals surface area (Å²) in [5.41, 5.74) is -0.682. The molecule has 1 N–H and O–H groups in total. The van der Waals surface area contributed by atoms with Crippen LogP contribution in [0.3, 0.4) is 0 Å². The number of piperidine rings is 1. The number of nitrogens with zero attached hydrogens (tertiary/aromatic N) is 1. The maximum atomic E-state index is 12.2. The van der Waals surface area contributed by atoms with E-state index in [0.29, 0.717) is 5.78 Å². The number of aliphatic hydroxyl groups is 1. The molecule has 0 amide bonds. The molecule has 3 nitrogen and oxygen atoms in total. The van der Waals surface area contributed by atoms with E-state index in [-0.39, 0.29) is 11.3 Å². The van der Waals surface area contributed by atoms with E-state index in [4.69, 9.17) is 0 Å². The Hall–Kier alpha value is -0.410. The largest absolute Gasteiger partial charge is 0.389 e. The highest BCUT2D eigenvalue weighted by Crippen LogP contribution is 2.38. The Morgan fingerprint density at radius 2 is 2.06 bits per heavy atom. The molecule has 1 saturated carbocycles. The van der Waals surface area contributed by atoms with E-state index in [1.807, 2.05) is 6.92 Å². The Balaban J connectivity index is 1.92. The molecule has 1 aliphatic heterocycles. The van der Waals surface area contributed by atoms with Gasteiger partial charge >= 0.3 is 0 Å². The number of carbonyl (C=O) groups excluding carboxylic acids is 1. The smallest absolute Gasteiger partial charge is 0.142 e. The van der Waals surface area contributed by atoms with Crippen molar-refractivity contribution in [2.75, 3.05) is 19.6 Å². The third-order valence-corrected chi connectivity index (χ3v) is 4.39. The fourth-order valence-corrected chi connectivity index (χ4v) is 3.31. The first kappa shape index (κ1) is 13.0. The van der Waals surface area contributed by atoms with Crippen LogP contribution in [0.4, 0.5) is 0 Å². The van der Waals surface area contributed by atoms with Gasteiger partial charge in [-0.2, -0.15) is 0 Å². The summed E-state index contributed by atoms with van der Waals surface area (Å²) in [4.78, 5) is 14.4. The third kappa shape index (κ3) is 2.89. The van der Waals surface area contributed by atoms with E-state index in [0.717, 1.165) is 45.3 Å². The monoisotopic (exact) mass is 239 g/mol. The normalized spacial score (nSPS) is 38.6. The summed E-state index contributed by atoms with van der Waals surface area (Å²) < 4.78 is 0. The molecule has 2 fully saturated rings. The second-order valence-corrected chi connectivity index (χ2v) is 6.82. The van der Waals surface area contributed by atoms with Crippen LogP contribution in [0.25, 0.3) is 0 Å². The Bertz CT molecular complexity index is 309. The molecule has 1 heterocycles. The Morgan fingerprint density at radius 3 is 2.59 bits per heavy atom. The molecule has 2 aliphatic rings. The average Bonchev–Trinajstić information content (AvgIpc) is 2.44. The molecule has 0 radical (unpaired) electrons. The van der Waals surface area contributed by atoms with Gasteiger partial charge in [0, 0.05) is 24.4 Å². The lowest BCUT2D eigenvalue weighted by atomic mass is 9.88. The van der Waals surface area contributed by atoms with E-state index in [9.17, 15) is 9.90 Å². The standard InChI is InChI=1S/C14H25NO2/c1-13(2)7-5-11(12(13)16)9-15-8-4-6-14(3,17)10-15/h11,17H,4-10H2,1-3H3. The molecule has 3 heteroatoms. The molecule has 0 aromatic heterocycles. The van der Waals surface area contributed by atoms with Crippen molar-refractivity contribution in [2.45, 2.75) is 52.1 Å². The van der Waals surface area contributed by atoms with Gasteiger partial charge in [0.05, 0.1) is 5.60 Å². The van der Waals surface area contributed by atoms with Gasteiger partial charge in [0.25, 0.3) is 0 Å². The molecule has 0 aromatic carbocycles. The van der Waals surface area contributed by atoms with Gasteiger partial charge in [0.1, 0.15) is 5.78 Å². The van der Waals surface area contributed by atoms with Crippen LogP contribution >= 0.6 is 0 Å². The summed E-state index contributed by atoms with van der Waals surface area (Å²) in [5, 5.41) is 10.1. The highest BCUT2D eigenvalue weighted by molar-refractivity contribution is 5.88. The molecule has 2 rings (SSSR count). The highest BCUT2D eigenvalue weighted by Gasteiger charge is 2.41. The molecule has 0 aromatic rings. The van der Waals surface area contributed by atoms with E-state index >= 15 is 0 Å². The average molecular weight is 239 g/mol. The molecular formula is C14H25NO2. The van der Waals surface area contributed by atoms with E-state index in [1.54, 1.807) is 0 Å². The van der Waals surface area contributed by atoms with Crippen LogP contribution in [-0.2, 0) is 4.79 Å². The van der Waals surface area contributed by atoms with Crippen molar-refractivity contribution < 1.29 is 9.90 Å². The van der Waals surface area contributed by atoms with Gasteiger partial charge in [-0.25, -0.2) is 0 Å². The van der Waals surface area contributed by atoms with Gasteiger partial charge in [-0.05, 0) is 39.2 Å². The Labute approximate surface area is 104 Å². The number of hydrogen-bond acceptors (Lipinski definition) is 3. The van der Waals surface area contributed by atoms with Crippen molar-refractivity contribution in [3.05, 3.63) is 0 Å². The predicted octanol–water partition coefficient (Wildman–Crippen LogP) is 1.84. The van der Waals surface area contributed by atoms with Crippen LogP contribution in [0.2, 0.25) is 0 Å². The topological polar surface area (TPSA) is 40.5 Å². The van der Waals surface area contributed by atoms with Crippen LogP contribution in [0.1, 0.15) is 46.5 Å². The van der Waals surface area contributed by atoms with Crippen LogP contribution in [-0.4, -0.2) is 41.0 Å². The molecular weight excluding hydrogens is 214 g/mol. The molecule has 98 valence electrons. The van der Waals surface area contributed by atoms with Gasteiger partial charge in [0.15, 0.2) is 0 Å². The number of hydrogen-bond donors (Lipinski definition) is 1. The van der Waals surface area contributed by atoms with Gasteiger partial charge < -0.3 is 5.11 Å². The minimum Gasteiger partial charge on any atom is -0.389 e. The van der Waals surface area contributed by atoms with Gasteiger partial charge in [-0.3, -0.25) is 9.69 Å². The zero-order valence-electron chi connectivity index (χ0n) is 11.3. The minimum atomic E-state index is -0.560. The number of carbonyl (C=O) groups is 1. The van der Waals surface area contributed by atoms with E-state index in [2.05, 4.69) is 18.7 Å². The fraction of sp³-hybridized carbons (Fsp3) is 0.929. The Morgan fingerprint density at radius 1 is 1.35 bits per heavy atom. The van der Waals surface area contributed by atoms with Crippen LogP contribution in [0, 0.1) is 11.3 Å². The van der Waals surface area contributed by atoms with Crippen LogP contribution in [0.5, 0.6) is 0 Å². The van der Waals surface area contributed by atoms with Gasteiger partial charge in [-0.1, -0.05) is 13.8 Å². The van der Waals surface area contributed by atoms with E-state index in [1.165, 1.54) is 0 Å². The van der Waals surface area contributed by atoms with Crippen LogP contribution < -0.4 is 0 Å². The lowest BCUT2D eigenvalue weighted by Gasteiger charge is -2.37. The molecule has 2 unspecified atom stereocenters. The summed E-state index contributed by atoms with van der Waals surface area (Å²) in [6.07, 6.45) is 3.95. The van der Waals surface area contributed by atoms with Crippen molar-refractivity contribution in [3.63, 3.8) is 0 Å². The second kappa shape index (κ2) is 4.36. The number of likely N-dealkylation sites (tertiary alicyclic amines) is 1. The SMILES string of the molecule is CC1(O)CCCN(CC2CCC(C)(C)C2=O)C1. The van der Waals surface area contributed by atoms with Crippen LogP contribution in [0.15, 0.2) is 0 Å². The second-order valence-electron chi connectivity index (χ2n) is 6.82. The maximum absolute atomic E-state index is 12.2. The number of β-amino-alcohol motifs (C(OH)–C–C–N with tert-alkyl or cyclic N) is 1. The number of rotatable bonds is 2. The third-order valence-electron chi connectivity index (χ3n) is 4.39. The summed E-state index contributed by atoms with van der Waals surface area (Å²) in [5.74, 6) is 0.613. The molecule has 17 heavy (non-hydrogen) atoms. The molecule has 2 atom stereocenters. The van der Waals surface area contributed by atoms with Crippen molar-refractivity contribution in [1.82, 2.24) is 4.90 Å². The van der Waals surface area contributed by atoms with Crippen molar-refractivity contribution in [2.24, 2.45) is 11.3 Å². The zero-order valence-corrected chi connectivity index (χ0v) is 11.3. The number of ketones is 1. The summed E-state index contributed by atoms with van der Waals surface area (Å²) in [7, 11) is 0. The molecule has 1 saturated heterocycles. The summed E-state index contributed by atoms with van der Waals surface area (Å²) >= 11 is 0. The lowest BCUT2D eigenvalue weighted by molar-refractivity contribution is -0.128. The zero-order chi connectivity index (χ0) is 12.7. The van der Waals surface area contributed by atoms with E-state index < -0.39 is 5.60 Å². The van der Waals surface area contributed by atoms with Crippen molar-refractivity contribution in [1.29, 1.82) is 0 Å². The summed E-state index contributed by atoms with van der Waals surface area (Å²) in [6, 6.07) is 0. The molecule has 0 bridgehead atoms. The quantitative estimate of drug-likeness (QED) is 0.799. The van der Waals surface area contributed by atoms with Gasteiger partial charge in [0.2, 0.25) is 0 Å². The van der Waals surface area contributed by atoms with Crippen molar-refractivity contribution in [3.8, 4) is 0 Å². The summed E-state index contributed by atoms with van der Waals surface area (Å²) in [6.45, 7) is 8.61. The lowest BCUT2D eigenvalue weighted by Crippen LogP contribution is -2.48. The first-order chi connectivity index (χ1) is 7.80. The number of Topliss-reactive ketones (excluding diaryl/α,β-unsaturated/α-hetero) is 1. The first-order valence-electron chi connectivity index (χ1n) is 6.79. The predicted molar refractivity (Wildman–Crippen MR) is 67.8 cm³/mol. The highest BCUT2D eigenvalue weighted by atomic mass is 16.3.